The van der Waals surface area contributed by atoms with Gasteiger partial charge in [-0.1, -0.05) is 18.5 Å². The zero-order valence-corrected chi connectivity index (χ0v) is 11.3. The lowest BCUT2D eigenvalue weighted by Crippen LogP contribution is -2.38. The van der Waals surface area contributed by atoms with Crippen LogP contribution in [0.25, 0.3) is 0 Å². The topological polar surface area (TPSA) is 47.3 Å². The molecule has 0 spiro atoms. The standard InChI is InChI=1S/C11H19ClN2OS/c1-8(7-15-2)5-9(14-13)6-10-3-4-11(12)16-10/h3-4,8-9,14H,5-7,13H2,1-2H3. The summed E-state index contributed by atoms with van der Waals surface area (Å²) in [6.07, 6.45) is 1.92. The molecule has 3 N–H and O–H groups in total. The molecule has 0 fully saturated rings. The monoisotopic (exact) mass is 262 g/mol. The van der Waals surface area contributed by atoms with Crippen molar-refractivity contribution in [1.82, 2.24) is 5.43 Å². The third kappa shape index (κ3) is 4.80. The van der Waals surface area contributed by atoms with Crippen LogP contribution in [0.3, 0.4) is 0 Å². The summed E-state index contributed by atoms with van der Waals surface area (Å²) in [6, 6.07) is 4.26. The first-order valence-electron chi connectivity index (χ1n) is 5.35. The maximum atomic E-state index is 5.89. The van der Waals surface area contributed by atoms with Gasteiger partial charge in [0.2, 0.25) is 0 Å². The number of hydrazine groups is 1. The summed E-state index contributed by atoms with van der Waals surface area (Å²) in [5, 5.41) is 0. The fourth-order valence-electron chi connectivity index (χ4n) is 1.75. The Bertz CT molecular complexity index is 306. The van der Waals surface area contributed by atoms with Gasteiger partial charge in [-0.05, 0) is 30.9 Å². The predicted molar refractivity (Wildman–Crippen MR) is 69.8 cm³/mol. The van der Waals surface area contributed by atoms with E-state index < -0.39 is 0 Å². The molecule has 0 amide bonds. The van der Waals surface area contributed by atoms with E-state index in [0.717, 1.165) is 23.8 Å². The smallest absolute Gasteiger partial charge is 0.0931 e. The van der Waals surface area contributed by atoms with Crippen LogP contribution in [0.5, 0.6) is 0 Å². The van der Waals surface area contributed by atoms with E-state index in [4.69, 9.17) is 22.2 Å². The van der Waals surface area contributed by atoms with Gasteiger partial charge < -0.3 is 4.74 Å². The lowest BCUT2D eigenvalue weighted by molar-refractivity contribution is 0.149. The number of rotatable bonds is 7. The highest BCUT2D eigenvalue weighted by Gasteiger charge is 2.13. The summed E-state index contributed by atoms with van der Waals surface area (Å²) in [7, 11) is 1.72. The first-order valence-corrected chi connectivity index (χ1v) is 6.54. The normalized spacial score (nSPS) is 15.0. The van der Waals surface area contributed by atoms with Gasteiger partial charge in [0.25, 0.3) is 0 Å². The zero-order chi connectivity index (χ0) is 12.0. The number of nitrogens with one attached hydrogen (secondary N) is 1. The molecule has 0 aliphatic rings. The van der Waals surface area contributed by atoms with Gasteiger partial charge in [0.15, 0.2) is 0 Å². The number of hydrogen-bond donors (Lipinski definition) is 2. The van der Waals surface area contributed by atoms with Crippen molar-refractivity contribution in [2.24, 2.45) is 11.8 Å². The van der Waals surface area contributed by atoms with Crippen molar-refractivity contribution in [3.05, 3.63) is 21.3 Å². The molecule has 0 aliphatic carbocycles. The molecule has 1 rings (SSSR count). The minimum atomic E-state index is 0.278. The number of halogens is 1. The molecule has 16 heavy (non-hydrogen) atoms. The largest absolute Gasteiger partial charge is 0.384 e. The van der Waals surface area contributed by atoms with Gasteiger partial charge in [0.05, 0.1) is 4.34 Å². The molecule has 92 valence electrons. The highest BCUT2D eigenvalue weighted by molar-refractivity contribution is 7.16. The lowest BCUT2D eigenvalue weighted by Gasteiger charge is -2.19. The van der Waals surface area contributed by atoms with E-state index in [-0.39, 0.29) is 6.04 Å². The van der Waals surface area contributed by atoms with Crippen molar-refractivity contribution in [2.75, 3.05) is 13.7 Å². The molecule has 0 bridgehead atoms. The molecular weight excluding hydrogens is 244 g/mol. The van der Waals surface area contributed by atoms with E-state index in [2.05, 4.69) is 18.4 Å². The van der Waals surface area contributed by atoms with Crippen LogP contribution in [0.4, 0.5) is 0 Å². The Morgan fingerprint density at radius 2 is 2.31 bits per heavy atom. The second-order valence-electron chi connectivity index (χ2n) is 4.07. The van der Waals surface area contributed by atoms with Crippen molar-refractivity contribution < 1.29 is 4.74 Å². The Hall–Kier alpha value is -0.130. The fourth-order valence-corrected chi connectivity index (χ4v) is 2.92. The van der Waals surface area contributed by atoms with Crippen LogP contribution in [0.1, 0.15) is 18.2 Å². The second kappa shape index (κ2) is 7.25. The fraction of sp³-hybridized carbons (Fsp3) is 0.636. The van der Waals surface area contributed by atoms with Gasteiger partial charge in [-0.25, -0.2) is 0 Å². The molecule has 2 atom stereocenters. The Morgan fingerprint density at radius 1 is 1.56 bits per heavy atom. The number of thiophene rings is 1. The maximum absolute atomic E-state index is 5.89. The molecule has 1 aromatic heterocycles. The number of methoxy groups -OCH3 is 1. The molecule has 1 heterocycles. The molecule has 2 unspecified atom stereocenters. The molecular formula is C11H19ClN2OS. The highest BCUT2D eigenvalue weighted by Crippen LogP contribution is 2.23. The van der Waals surface area contributed by atoms with Gasteiger partial charge in [0.1, 0.15) is 0 Å². The van der Waals surface area contributed by atoms with Crippen LogP contribution in [0.15, 0.2) is 12.1 Å². The summed E-state index contributed by atoms with van der Waals surface area (Å²) in [6.45, 7) is 2.93. The average molecular weight is 263 g/mol. The van der Waals surface area contributed by atoms with E-state index >= 15 is 0 Å². The van der Waals surface area contributed by atoms with Crippen molar-refractivity contribution >= 4 is 22.9 Å². The Labute approximate surface area is 106 Å². The quantitative estimate of drug-likeness (QED) is 0.586. The summed E-state index contributed by atoms with van der Waals surface area (Å²) >= 11 is 7.50. The minimum Gasteiger partial charge on any atom is -0.384 e. The predicted octanol–water partition coefficient (Wildman–Crippen LogP) is 2.45. The zero-order valence-electron chi connectivity index (χ0n) is 9.70. The summed E-state index contributed by atoms with van der Waals surface area (Å²) < 4.78 is 5.95. The van der Waals surface area contributed by atoms with Crippen LogP contribution < -0.4 is 11.3 Å². The molecule has 5 heteroatoms. The van der Waals surface area contributed by atoms with Crippen molar-refractivity contribution in [1.29, 1.82) is 0 Å². The number of nitrogens with two attached hydrogens (primary N) is 1. The van der Waals surface area contributed by atoms with Crippen molar-refractivity contribution in [2.45, 2.75) is 25.8 Å². The van der Waals surface area contributed by atoms with Gasteiger partial charge in [-0.2, -0.15) is 0 Å². The van der Waals surface area contributed by atoms with E-state index in [1.54, 1.807) is 18.4 Å². The van der Waals surface area contributed by atoms with Gasteiger partial charge in [-0.3, -0.25) is 11.3 Å². The van der Waals surface area contributed by atoms with Gasteiger partial charge in [-0.15, -0.1) is 11.3 Å². The highest BCUT2D eigenvalue weighted by atomic mass is 35.5. The van der Waals surface area contributed by atoms with Crippen LogP contribution in [0, 0.1) is 5.92 Å². The maximum Gasteiger partial charge on any atom is 0.0931 e. The second-order valence-corrected chi connectivity index (χ2v) is 5.87. The molecule has 0 aromatic carbocycles. The lowest BCUT2D eigenvalue weighted by atomic mass is 10.00. The third-order valence-electron chi connectivity index (χ3n) is 2.45. The van der Waals surface area contributed by atoms with Crippen molar-refractivity contribution in [3.63, 3.8) is 0 Å². The van der Waals surface area contributed by atoms with E-state index in [9.17, 15) is 0 Å². The first kappa shape index (κ1) is 13.9. The Kier molecular flexibility index (Phi) is 6.31. The van der Waals surface area contributed by atoms with E-state index in [0.29, 0.717) is 5.92 Å². The van der Waals surface area contributed by atoms with E-state index in [1.165, 1.54) is 4.88 Å². The summed E-state index contributed by atoms with van der Waals surface area (Å²) in [5.74, 6) is 6.05. The Morgan fingerprint density at radius 3 is 2.81 bits per heavy atom. The number of hydrogen-bond acceptors (Lipinski definition) is 4. The summed E-state index contributed by atoms with van der Waals surface area (Å²) in [4.78, 5) is 1.26. The average Bonchev–Trinajstić information content (AvgIpc) is 2.63. The molecule has 3 nitrogen and oxygen atoms in total. The molecule has 0 aliphatic heterocycles. The number of ether oxygens (including phenoxy) is 1. The van der Waals surface area contributed by atoms with Crippen LogP contribution in [-0.2, 0) is 11.2 Å². The van der Waals surface area contributed by atoms with E-state index in [1.807, 2.05) is 6.07 Å². The molecule has 0 radical (unpaired) electrons. The van der Waals surface area contributed by atoms with Crippen LogP contribution in [-0.4, -0.2) is 19.8 Å². The van der Waals surface area contributed by atoms with Gasteiger partial charge in [0, 0.05) is 24.6 Å². The SMILES string of the molecule is COCC(C)CC(Cc1ccc(Cl)s1)NN. The van der Waals surface area contributed by atoms with Crippen LogP contribution in [0.2, 0.25) is 4.34 Å². The molecule has 0 saturated carbocycles. The minimum absolute atomic E-state index is 0.278. The Balaban J connectivity index is 2.42. The van der Waals surface area contributed by atoms with Crippen LogP contribution >= 0.6 is 22.9 Å². The first-order chi connectivity index (χ1) is 7.65. The van der Waals surface area contributed by atoms with Gasteiger partial charge >= 0.3 is 0 Å². The van der Waals surface area contributed by atoms with Crippen molar-refractivity contribution in [3.8, 4) is 0 Å². The summed E-state index contributed by atoms with van der Waals surface area (Å²) in [5.41, 5.74) is 2.86. The third-order valence-corrected chi connectivity index (χ3v) is 3.70. The molecule has 1 aromatic rings. The molecule has 0 saturated heterocycles.